The Morgan fingerprint density at radius 3 is 2.24 bits per heavy atom. The summed E-state index contributed by atoms with van der Waals surface area (Å²) in [6, 6.07) is 9.87. The molecule has 1 aliphatic rings. The molecule has 0 bridgehead atoms. The quantitative estimate of drug-likeness (QED) is 0.522. The molecular formula is C16H23N5O4. The monoisotopic (exact) mass is 349 g/mol. The van der Waals surface area contributed by atoms with Crippen molar-refractivity contribution in [2.45, 2.75) is 19.3 Å². The molecule has 0 aliphatic carbocycles. The highest BCUT2D eigenvalue weighted by molar-refractivity contribution is 5.87. The van der Waals surface area contributed by atoms with E-state index in [1.54, 1.807) is 36.4 Å². The molecule has 2 heterocycles. The predicted octanol–water partition coefficient (Wildman–Crippen LogP) is 0.430. The normalized spacial score (nSPS) is 13.2. The molecule has 1 aromatic heterocycles. The Hall–Kier alpha value is -3.07. The van der Waals surface area contributed by atoms with Gasteiger partial charge < -0.3 is 32.2 Å². The van der Waals surface area contributed by atoms with Crippen LogP contribution in [0, 0.1) is 5.21 Å². The van der Waals surface area contributed by atoms with Gasteiger partial charge >= 0.3 is 11.9 Å². The van der Waals surface area contributed by atoms with Crippen molar-refractivity contribution in [3.63, 3.8) is 0 Å². The molecule has 1 aliphatic heterocycles. The third kappa shape index (κ3) is 5.50. The Morgan fingerprint density at radius 1 is 1.16 bits per heavy atom. The molecule has 9 heteroatoms. The van der Waals surface area contributed by atoms with Crippen LogP contribution in [-0.2, 0) is 0 Å². The molecule has 25 heavy (non-hydrogen) atoms. The highest BCUT2D eigenvalue weighted by Gasteiger charge is 2.16. The minimum absolute atomic E-state index is 0. The summed E-state index contributed by atoms with van der Waals surface area (Å²) in [6.45, 7) is 1.91. The van der Waals surface area contributed by atoms with Gasteiger partial charge in [0.05, 0.1) is 11.6 Å². The fourth-order valence-electron chi connectivity index (χ4n) is 2.38. The summed E-state index contributed by atoms with van der Waals surface area (Å²) in [5.41, 5.74) is 11.3. The second-order valence-corrected chi connectivity index (χ2v) is 5.41. The lowest BCUT2D eigenvalue weighted by Crippen LogP contribution is -2.38. The van der Waals surface area contributed by atoms with Gasteiger partial charge in [0.1, 0.15) is 0 Å². The van der Waals surface area contributed by atoms with E-state index in [0.29, 0.717) is 16.1 Å². The van der Waals surface area contributed by atoms with Crippen LogP contribution in [0.15, 0.2) is 36.4 Å². The number of hydrogen-bond donors (Lipinski definition) is 3. The maximum absolute atomic E-state index is 11.2. The molecule has 2 aromatic rings. The number of hydrogen-bond acceptors (Lipinski definition) is 6. The zero-order valence-corrected chi connectivity index (χ0v) is 13.8. The second-order valence-electron chi connectivity index (χ2n) is 5.41. The van der Waals surface area contributed by atoms with Gasteiger partial charge in [-0.1, -0.05) is 23.2 Å². The van der Waals surface area contributed by atoms with E-state index in [0.717, 1.165) is 25.9 Å². The average Bonchev–Trinajstić information content (AvgIpc) is 2.61. The molecule has 9 nitrogen and oxygen atoms in total. The molecule has 3 rings (SSSR count). The van der Waals surface area contributed by atoms with Gasteiger partial charge in [-0.05, 0) is 31.4 Å². The minimum atomic E-state index is -0.879. The second kappa shape index (κ2) is 9.28. The number of benzene rings is 1. The van der Waals surface area contributed by atoms with Gasteiger partial charge in [0.25, 0.3) is 0 Å². The smallest absolute Gasteiger partial charge is 0.346 e. The van der Waals surface area contributed by atoms with Crippen molar-refractivity contribution >= 4 is 23.6 Å². The highest BCUT2D eigenvalue weighted by Crippen LogP contribution is 2.18. The predicted molar refractivity (Wildman–Crippen MR) is 95.1 cm³/mol. The summed E-state index contributed by atoms with van der Waals surface area (Å²) in [4.78, 5) is 16.3. The van der Waals surface area contributed by atoms with E-state index in [9.17, 15) is 10.0 Å². The largest absolute Gasteiger partial charge is 0.754 e. The first-order valence-corrected chi connectivity index (χ1v) is 7.68. The number of carboxylic acid groups (broad SMARTS) is 1. The number of rotatable bonds is 2. The number of aromatic carboxylic acids is 1. The summed E-state index contributed by atoms with van der Waals surface area (Å²) in [7, 11) is 0. The van der Waals surface area contributed by atoms with E-state index in [2.05, 4.69) is 9.88 Å². The van der Waals surface area contributed by atoms with Crippen LogP contribution in [0.2, 0.25) is 0 Å². The number of nitrogens with two attached hydrogens (primary N) is 2. The van der Waals surface area contributed by atoms with Gasteiger partial charge in [-0.15, -0.1) is 0 Å². The molecule has 1 saturated heterocycles. The lowest BCUT2D eigenvalue weighted by atomic mass is 10.1. The Morgan fingerprint density at radius 2 is 1.76 bits per heavy atom. The standard InChI is InChI=1S/C9H15N5O.C7H6O2.H2O/c10-7-6-8(12-9(11)14(7)15)13-4-2-1-3-5-13;8-7(9)6-4-2-1-3-5-6;/h6H,1-5,10H2,(H2,11,12);1-5H,(H,8,9);1H2. The number of nitrogen functional groups attached to an aromatic ring is 2. The number of piperidine rings is 1. The van der Waals surface area contributed by atoms with Crippen LogP contribution in [0.5, 0.6) is 0 Å². The molecular weight excluding hydrogens is 326 g/mol. The average molecular weight is 349 g/mol. The molecule has 7 N–H and O–H groups in total. The van der Waals surface area contributed by atoms with E-state index in [4.69, 9.17) is 16.6 Å². The molecule has 1 fully saturated rings. The molecule has 136 valence electrons. The molecule has 0 atom stereocenters. The van der Waals surface area contributed by atoms with E-state index in [1.807, 2.05) is 0 Å². The molecule has 0 unspecified atom stereocenters. The fourth-order valence-corrected chi connectivity index (χ4v) is 2.38. The van der Waals surface area contributed by atoms with Crippen LogP contribution < -0.4 is 21.1 Å². The maximum Gasteiger partial charge on any atom is 0.346 e. The van der Waals surface area contributed by atoms with Gasteiger partial charge in [-0.2, -0.15) is 0 Å². The SMILES string of the molecule is Nc1cc(N2CCCCC2)nc(N)[n+]1[O-].O.O=C(O)c1ccccc1. The van der Waals surface area contributed by atoms with Crippen molar-refractivity contribution in [2.75, 3.05) is 29.5 Å². The molecule has 0 amide bonds. The number of aromatic nitrogens is 2. The number of carboxylic acids is 1. The zero-order chi connectivity index (χ0) is 17.5. The van der Waals surface area contributed by atoms with Gasteiger partial charge in [-0.25, -0.2) is 9.52 Å². The first-order valence-electron chi connectivity index (χ1n) is 7.68. The summed E-state index contributed by atoms with van der Waals surface area (Å²) < 4.78 is 0.438. The van der Waals surface area contributed by atoms with Gasteiger partial charge in [0.2, 0.25) is 0 Å². The fraction of sp³-hybridized carbons (Fsp3) is 0.312. The Bertz CT molecular complexity index is 667. The van der Waals surface area contributed by atoms with Crippen LogP contribution in [-0.4, -0.2) is 34.6 Å². The third-order valence-corrected chi connectivity index (χ3v) is 3.65. The van der Waals surface area contributed by atoms with E-state index >= 15 is 0 Å². The molecule has 0 spiro atoms. The van der Waals surface area contributed by atoms with Gasteiger partial charge in [0, 0.05) is 13.1 Å². The van der Waals surface area contributed by atoms with Crippen LogP contribution in [0.1, 0.15) is 29.6 Å². The van der Waals surface area contributed by atoms with Crippen molar-refractivity contribution in [1.29, 1.82) is 0 Å². The lowest BCUT2D eigenvalue weighted by Gasteiger charge is -2.26. The topological polar surface area (TPSA) is 164 Å². The number of nitrogens with zero attached hydrogens (tertiary/aromatic N) is 3. The van der Waals surface area contributed by atoms with Crippen LogP contribution in [0.25, 0.3) is 0 Å². The van der Waals surface area contributed by atoms with Crippen molar-refractivity contribution in [1.82, 2.24) is 4.98 Å². The highest BCUT2D eigenvalue weighted by atomic mass is 16.5. The molecule has 0 radical (unpaired) electrons. The van der Waals surface area contributed by atoms with E-state index in [-0.39, 0.29) is 17.2 Å². The summed E-state index contributed by atoms with van der Waals surface area (Å²) in [5.74, 6) is -0.161. The number of anilines is 3. The summed E-state index contributed by atoms with van der Waals surface area (Å²) >= 11 is 0. The van der Waals surface area contributed by atoms with E-state index in [1.165, 1.54) is 6.42 Å². The van der Waals surface area contributed by atoms with Crippen LogP contribution in [0.3, 0.4) is 0 Å². The first kappa shape index (κ1) is 20.0. The number of carbonyl (C=O) groups is 1. The molecule has 0 saturated carbocycles. The van der Waals surface area contributed by atoms with Crippen molar-refractivity contribution in [3.8, 4) is 0 Å². The minimum Gasteiger partial charge on any atom is -0.754 e. The van der Waals surface area contributed by atoms with Crippen molar-refractivity contribution in [2.24, 2.45) is 0 Å². The van der Waals surface area contributed by atoms with Crippen LogP contribution >= 0.6 is 0 Å². The zero-order valence-electron chi connectivity index (χ0n) is 13.8. The van der Waals surface area contributed by atoms with Gasteiger partial charge in [0.15, 0.2) is 11.6 Å². The third-order valence-electron chi connectivity index (χ3n) is 3.65. The van der Waals surface area contributed by atoms with Crippen molar-refractivity contribution < 1.29 is 20.1 Å². The summed E-state index contributed by atoms with van der Waals surface area (Å²) in [6.07, 6.45) is 3.54. The Labute approximate surface area is 145 Å². The lowest BCUT2D eigenvalue weighted by molar-refractivity contribution is -0.576. The maximum atomic E-state index is 11.2. The van der Waals surface area contributed by atoms with E-state index < -0.39 is 5.97 Å². The Kier molecular flexibility index (Phi) is 7.42. The first-order chi connectivity index (χ1) is 11.5. The van der Waals surface area contributed by atoms with Crippen molar-refractivity contribution in [3.05, 3.63) is 47.2 Å². The van der Waals surface area contributed by atoms with Crippen LogP contribution in [0.4, 0.5) is 17.6 Å². The Balaban J connectivity index is 0.000000270. The van der Waals surface area contributed by atoms with Gasteiger partial charge in [-0.3, -0.25) is 0 Å². The molecule has 1 aromatic carbocycles. The summed E-state index contributed by atoms with van der Waals surface area (Å²) in [5, 5.41) is 19.6.